The van der Waals surface area contributed by atoms with E-state index in [1.54, 1.807) is 0 Å². The number of carbonyl (C=O) groups is 1. The Morgan fingerprint density at radius 2 is 2.09 bits per heavy atom. The van der Waals surface area contributed by atoms with Crippen molar-refractivity contribution in [3.8, 4) is 0 Å². The van der Waals surface area contributed by atoms with Gasteiger partial charge in [0.1, 0.15) is 0 Å². The second-order valence-electron chi connectivity index (χ2n) is 6.37. The topological polar surface area (TPSA) is 62.2 Å². The zero-order valence-corrected chi connectivity index (χ0v) is 13.5. The minimum absolute atomic E-state index is 0.0695. The van der Waals surface area contributed by atoms with E-state index in [4.69, 9.17) is 0 Å². The lowest BCUT2D eigenvalue weighted by molar-refractivity contribution is -0.114. The number of hydrogen-bond donors (Lipinski definition) is 2. The first-order chi connectivity index (χ1) is 11.0. The smallest absolute Gasteiger partial charge is 0.221 e. The van der Waals surface area contributed by atoms with E-state index in [9.17, 15) is 9.90 Å². The summed E-state index contributed by atoms with van der Waals surface area (Å²) < 4.78 is 0. The van der Waals surface area contributed by atoms with Crippen LogP contribution in [0.4, 0.5) is 5.69 Å². The summed E-state index contributed by atoms with van der Waals surface area (Å²) in [4.78, 5) is 15.5. The van der Waals surface area contributed by atoms with Crippen molar-refractivity contribution in [1.29, 1.82) is 0 Å². The lowest BCUT2D eigenvalue weighted by Gasteiger charge is -2.29. The van der Waals surface area contributed by atoms with Crippen molar-refractivity contribution in [2.75, 3.05) is 5.32 Å². The summed E-state index contributed by atoms with van der Waals surface area (Å²) in [5.41, 5.74) is 5.07. The van der Waals surface area contributed by atoms with Gasteiger partial charge >= 0.3 is 0 Å². The molecule has 2 atom stereocenters. The predicted molar refractivity (Wildman–Crippen MR) is 90.2 cm³/mol. The SMILES string of the molecule is CC(=O)Nc1ccc(CC2CCc3ncc(C)cc3C2O)cc1. The van der Waals surface area contributed by atoms with Crippen LogP contribution in [0.3, 0.4) is 0 Å². The van der Waals surface area contributed by atoms with Crippen molar-refractivity contribution in [3.63, 3.8) is 0 Å². The van der Waals surface area contributed by atoms with Gasteiger partial charge in [-0.2, -0.15) is 0 Å². The lowest BCUT2D eigenvalue weighted by Crippen LogP contribution is -2.23. The number of aromatic nitrogens is 1. The van der Waals surface area contributed by atoms with Gasteiger partial charge in [-0.1, -0.05) is 18.2 Å². The number of carbonyl (C=O) groups excluding carboxylic acids is 1. The quantitative estimate of drug-likeness (QED) is 0.915. The van der Waals surface area contributed by atoms with Crippen LogP contribution in [-0.2, 0) is 17.6 Å². The van der Waals surface area contributed by atoms with E-state index in [0.717, 1.165) is 41.8 Å². The molecule has 0 bridgehead atoms. The molecule has 1 aliphatic rings. The molecule has 1 amide bonds. The molecule has 1 aliphatic carbocycles. The van der Waals surface area contributed by atoms with E-state index in [0.29, 0.717) is 0 Å². The van der Waals surface area contributed by atoms with Gasteiger partial charge < -0.3 is 10.4 Å². The summed E-state index contributed by atoms with van der Waals surface area (Å²) in [6, 6.07) is 9.90. The zero-order valence-electron chi connectivity index (χ0n) is 13.5. The van der Waals surface area contributed by atoms with Crippen LogP contribution in [-0.4, -0.2) is 16.0 Å². The third-order valence-corrected chi connectivity index (χ3v) is 4.43. The van der Waals surface area contributed by atoms with Crippen LogP contribution in [0.2, 0.25) is 0 Å². The molecule has 23 heavy (non-hydrogen) atoms. The van der Waals surface area contributed by atoms with E-state index >= 15 is 0 Å². The van der Waals surface area contributed by atoms with Crippen molar-refractivity contribution < 1.29 is 9.90 Å². The Hall–Kier alpha value is -2.20. The highest BCUT2D eigenvalue weighted by atomic mass is 16.3. The molecule has 0 radical (unpaired) electrons. The molecular weight excluding hydrogens is 288 g/mol. The molecule has 1 heterocycles. The Morgan fingerprint density at radius 3 is 2.78 bits per heavy atom. The Bertz CT molecular complexity index is 710. The summed E-state index contributed by atoms with van der Waals surface area (Å²) in [6.07, 6.45) is 4.10. The van der Waals surface area contributed by atoms with Gasteiger partial charge in [0.05, 0.1) is 6.10 Å². The zero-order chi connectivity index (χ0) is 16.4. The van der Waals surface area contributed by atoms with Crippen LogP contribution in [0.5, 0.6) is 0 Å². The molecule has 0 fully saturated rings. The summed E-state index contributed by atoms with van der Waals surface area (Å²) in [6.45, 7) is 3.50. The van der Waals surface area contributed by atoms with Gasteiger partial charge in [0.2, 0.25) is 5.91 Å². The fourth-order valence-electron chi connectivity index (χ4n) is 3.26. The van der Waals surface area contributed by atoms with Gasteiger partial charge in [0.25, 0.3) is 0 Å². The van der Waals surface area contributed by atoms with E-state index in [2.05, 4.69) is 16.4 Å². The third kappa shape index (κ3) is 3.59. The number of rotatable bonds is 3. The first-order valence-electron chi connectivity index (χ1n) is 8.03. The normalized spacial score (nSPS) is 20.0. The first kappa shape index (κ1) is 15.7. The van der Waals surface area contributed by atoms with E-state index in [1.807, 2.05) is 37.4 Å². The molecule has 0 saturated carbocycles. The maximum Gasteiger partial charge on any atom is 0.221 e. The predicted octanol–water partition coefficient (Wildman–Crippen LogP) is 3.19. The number of aliphatic hydroxyl groups is 1. The monoisotopic (exact) mass is 310 g/mol. The number of fused-ring (bicyclic) bond motifs is 1. The molecule has 2 unspecified atom stereocenters. The maximum atomic E-state index is 11.1. The highest BCUT2D eigenvalue weighted by Gasteiger charge is 2.28. The molecule has 1 aromatic heterocycles. The largest absolute Gasteiger partial charge is 0.388 e. The molecule has 1 aromatic carbocycles. The van der Waals surface area contributed by atoms with Crippen molar-refractivity contribution >= 4 is 11.6 Å². The van der Waals surface area contributed by atoms with Gasteiger partial charge in [-0.15, -0.1) is 0 Å². The number of hydrogen-bond acceptors (Lipinski definition) is 3. The minimum atomic E-state index is -0.457. The van der Waals surface area contributed by atoms with Crippen molar-refractivity contribution in [2.45, 2.75) is 39.2 Å². The van der Waals surface area contributed by atoms with Gasteiger partial charge in [-0.3, -0.25) is 9.78 Å². The number of amides is 1. The highest BCUT2D eigenvalue weighted by molar-refractivity contribution is 5.88. The van der Waals surface area contributed by atoms with Gasteiger partial charge in [-0.05, 0) is 55.4 Å². The highest BCUT2D eigenvalue weighted by Crippen LogP contribution is 2.35. The molecule has 0 saturated heterocycles. The first-order valence-corrected chi connectivity index (χ1v) is 8.03. The van der Waals surface area contributed by atoms with Gasteiger partial charge in [0, 0.05) is 30.1 Å². The second kappa shape index (κ2) is 6.50. The Morgan fingerprint density at radius 1 is 1.35 bits per heavy atom. The van der Waals surface area contributed by atoms with Crippen LogP contribution in [0.25, 0.3) is 0 Å². The van der Waals surface area contributed by atoms with Crippen molar-refractivity contribution in [1.82, 2.24) is 4.98 Å². The Balaban J connectivity index is 1.72. The molecule has 2 aromatic rings. The number of nitrogens with zero attached hydrogens (tertiary/aromatic N) is 1. The van der Waals surface area contributed by atoms with Crippen LogP contribution < -0.4 is 5.32 Å². The van der Waals surface area contributed by atoms with E-state index in [-0.39, 0.29) is 11.8 Å². The average molecular weight is 310 g/mol. The van der Waals surface area contributed by atoms with Gasteiger partial charge in [-0.25, -0.2) is 0 Å². The molecule has 3 rings (SSSR count). The van der Waals surface area contributed by atoms with Crippen LogP contribution in [0, 0.1) is 12.8 Å². The molecule has 4 nitrogen and oxygen atoms in total. The summed E-state index contributed by atoms with van der Waals surface area (Å²) in [5, 5.41) is 13.5. The third-order valence-electron chi connectivity index (χ3n) is 4.43. The average Bonchev–Trinajstić information content (AvgIpc) is 2.52. The maximum absolute atomic E-state index is 11.1. The Labute approximate surface area is 136 Å². The van der Waals surface area contributed by atoms with Crippen LogP contribution in [0.1, 0.15) is 41.8 Å². The van der Waals surface area contributed by atoms with Gasteiger partial charge in [0.15, 0.2) is 0 Å². The van der Waals surface area contributed by atoms with Crippen LogP contribution >= 0.6 is 0 Å². The number of benzene rings is 1. The van der Waals surface area contributed by atoms with Crippen molar-refractivity contribution in [3.05, 3.63) is 58.9 Å². The number of nitrogens with one attached hydrogen (secondary N) is 1. The van der Waals surface area contributed by atoms with E-state index < -0.39 is 6.10 Å². The van der Waals surface area contributed by atoms with Crippen molar-refractivity contribution in [2.24, 2.45) is 5.92 Å². The number of pyridine rings is 1. The molecule has 0 spiro atoms. The summed E-state index contributed by atoms with van der Waals surface area (Å²) in [7, 11) is 0. The molecule has 2 N–H and O–H groups in total. The molecule has 4 heteroatoms. The molecular formula is C19H22N2O2. The van der Waals surface area contributed by atoms with Crippen LogP contribution in [0.15, 0.2) is 36.5 Å². The lowest BCUT2D eigenvalue weighted by atomic mass is 9.80. The second-order valence-corrected chi connectivity index (χ2v) is 6.37. The minimum Gasteiger partial charge on any atom is -0.388 e. The Kier molecular flexibility index (Phi) is 4.44. The number of aliphatic hydroxyl groups excluding tert-OH is 1. The summed E-state index contributed by atoms with van der Waals surface area (Å²) in [5.74, 6) is 0.137. The molecule has 120 valence electrons. The fraction of sp³-hybridized carbons (Fsp3) is 0.368. The summed E-state index contributed by atoms with van der Waals surface area (Å²) >= 11 is 0. The standard InChI is InChI=1S/C19H22N2O2/c1-12-9-17-18(20-11-12)8-5-15(19(17)23)10-14-3-6-16(7-4-14)21-13(2)22/h3-4,6-7,9,11,15,19,23H,5,8,10H2,1-2H3,(H,21,22). The fourth-order valence-corrected chi connectivity index (χ4v) is 3.26. The molecule has 0 aliphatic heterocycles. The van der Waals surface area contributed by atoms with E-state index in [1.165, 1.54) is 12.5 Å². The number of anilines is 1. The number of aryl methyl sites for hydroxylation is 2.